The van der Waals surface area contributed by atoms with E-state index in [1.165, 1.54) is 21.8 Å². The van der Waals surface area contributed by atoms with Crippen LogP contribution in [0.3, 0.4) is 0 Å². The number of fused-ring (bicyclic) bond motifs is 1. The quantitative estimate of drug-likeness (QED) is 0.524. The van der Waals surface area contributed by atoms with Crippen molar-refractivity contribution in [2.24, 2.45) is 0 Å². The number of hydrogen-bond donors (Lipinski definition) is 0. The third-order valence-corrected chi connectivity index (χ3v) is 5.19. The Morgan fingerprint density at radius 3 is 2.93 bits per heavy atom. The van der Waals surface area contributed by atoms with E-state index < -0.39 is 0 Å². The first-order chi connectivity index (χ1) is 13.8. The minimum Gasteiger partial charge on any atom is -0.329 e. The van der Waals surface area contributed by atoms with Gasteiger partial charge in [0.2, 0.25) is 0 Å². The lowest BCUT2D eigenvalue weighted by Crippen LogP contribution is -2.26. The topological polar surface area (TPSA) is 94.6 Å². The van der Waals surface area contributed by atoms with Gasteiger partial charge < -0.3 is 4.90 Å². The van der Waals surface area contributed by atoms with Gasteiger partial charge in [0, 0.05) is 18.8 Å². The first-order valence-electron chi connectivity index (χ1n) is 8.53. The average Bonchev–Trinajstić information content (AvgIpc) is 3.42. The van der Waals surface area contributed by atoms with Crippen molar-refractivity contribution in [3.8, 4) is 5.82 Å². The van der Waals surface area contributed by atoms with Gasteiger partial charge in [0.25, 0.3) is 5.56 Å². The number of aromatic nitrogens is 7. The molecule has 0 aliphatic carbocycles. The van der Waals surface area contributed by atoms with Crippen molar-refractivity contribution in [3.05, 3.63) is 76.8 Å². The molecule has 0 amide bonds. The smallest absolute Gasteiger partial charge is 0.267 e. The second-order valence-electron chi connectivity index (χ2n) is 6.11. The molecule has 0 atom stereocenters. The third-order valence-electron chi connectivity index (χ3n) is 4.37. The molecule has 4 aromatic rings. The van der Waals surface area contributed by atoms with Crippen molar-refractivity contribution >= 4 is 27.4 Å². The minimum absolute atomic E-state index is 0.170. The van der Waals surface area contributed by atoms with Crippen LogP contribution in [0.2, 0.25) is 0 Å². The number of rotatable bonds is 4. The summed E-state index contributed by atoms with van der Waals surface area (Å²) in [6, 6.07) is 5.14. The van der Waals surface area contributed by atoms with E-state index in [2.05, 4.69) is 36.1 Å². The molecule has 10 heteroatoms. The standard InChI is InChI=1S/C18H14N8OS/c27-16-2-1-15(26-12-19-10-22-26)23-25(16)9-13-3-6-24(7-4-13)17-14-5-8-28-18(14)21-11-20-17/h1-6,8,10-12H,7,9H2. The van der Waals surface area contributed by atoms with Crippen LogP contribution >= 0.6 is 11.3 Å². The zero-order valence-corrected chi connectivity index (χ0v) is 15.4. The van der Waals surface area contributed by atoms with E-state index in [4.69, 9.17) is 0 Å². The van der Waals surface area contributed by atoms with Crippen molar-refractivity contribution in [1.29, 1.82) is 0 Å². The molecule has 0 unspecified atom stereocenters. The fourth-order valence-electron chi connectivity index (χ4n) is 2.98. The summed E-state index contributed by atoms with van der Waals surface area (Å²) >= 11 is 1.59. The molecule has 0 saturated heterocycles. The van der Waals surface area contributed by atoms with Crippen molar-refractivity contribution < 1.29 is 0 Å². The zero-order chi connectivity index (χ0) is 18.9. The van der Waals surface area contributed by atoms with Gasteiger partial charge in [-0.05, 0) is 29.2 Å². The summed E-state index contributed by atoms with van der Waals surface area (Å²) in [5.74, 6) is 1.42. The molecular formula is C18H14N8OS. The molecule has 0 N–H and O–H groups in total. The molecule has 0 bridgehead atoms. The van der Waals surface area contributed by atoms with E-state index in [0.717, 1.165) is 21.6 Å². The molecule has 0 radical (unpaired) electrons. The lowest BCUT2D eigenvalue weighted by molar-refractivity contribution is 0.616. The van der Waals surface area contributed by atoms with E-state index in [9.17, 15) is 4.79 Å². The molecule has 1 aliphatic rings. The molecule has 138 valence electrons. The van der Waals surface area contributed by atoms with Gasteiger partial charge in [-0.15, -0.1) is 16.4 Å². The highest BCUT2D eigenvalue weighted by Gasteiger charge is 2.14. The zero-order valence-electron chi connectivity index (χ0n) is 14.6. The van der Waals surface area contributed by atoms with Gasteiger partial charge in [0.1, 0.15) is 29.6 Å². The molecule has 5 rings (SSSR count). The third kappa shape index (κ3) is 2.99. The van der Waals surface area contributed by atoms with Crippen LogP contribution in [0.1, 0.15) is 0 Å². The van der Waals surface area contributed by atoms with E-state index >= 15 is 0 Å². The molecule has 4 aromatic heterocycles. The molecule has 0 saturated carbocycles. The highest BCUT2D eigenvalue weighted by atomic mass is 32.1. The maximum atomic E-state index is 12.2. The van der Waals surface area contributed by atoms with Crippen LogP contribution in [0.25, 0.3) is 16.0 Å². The Kier molecular flexibility index (Phi) is 4.02. The Labute approximate surface area is 162 Å². The van der Waals surface area contributed by atoms with E-state index in [-0.39, 0.29) is 5.56 Å². The SMILES string of the molecule is O=c1ccc(-n2cncn2)nn1CC1=CCN(c2ncnc3sccc23)C=C1. The Hall–Kier alpha value is -3.66. The van der Waals surface area contributed by atoms with Crippen LogP contribution in [-0.2, 0) is 6.54 Å². The molecule has 1 aliphatic heterocycles. The Bertz CT molecular complexity index is 1250. The first kappa shape index (κ1) is 16.5. The number of nitrogens with zero attached hydrogens (tertiary/aromatic N) is 8. The van der Waals surface area contributed by atoms with Gasteiger partial charge in [-0.3, -0.25) is 4.79 Å². The van der Waals surface area contributed by atoms with E-state index in [1.54, 1.807) is 30.1 Å². The van der Waals surface area contributed by atoms with Gasteiger partial charge in [0.05, 0.1) is 11.9 Å². The van der Waals surface area contributed by atoms with Crippen molar-refractivity contribution in [2.75, 3.05) is 11.4 Å². The monoisotopic (exact) mass is 390 g/mol. The van der Waals surface area contributed by atoms with Crippen LogP contribution in [0.4, 0.5) is 5.82 Å². The highest BCUT2D eigenvalue weighted by Crippen LogP contribution is 2.28. The summed E-state index contributed by atoms with van der Waals surface area (Å²) in [6.07, 6.45) is 10.6. The lowest BCUT2D eigenvalue weighted by atomic mass is 10.2. The average molecular weight is 390 g/mol. The van der Waals surface area contributed by atoms with Crippen LogP contribution in [-0.4, -0.2) is 41.1 Å². The van der Waals surface area contributed by atoms with Crippen molar-refractivity contribution in [3.63, 3.8) is 0 Å². The summed E-state index contributed by atoms with van der Waals surface area (Å²) in [7, 11) is 0. The maximum Gasteiger partial charge on any atom is 0.267 e. The maximum absolute atomic E-state index is 12.2. The molecule has 0 aromatic carbocycles. The number of allylic oxidation sites excluding steroid dienone is 2. The van der Waals surface area contributed by atoms with Crippen LogP contribution < -0.4 is 10.5 Å². The fraction of sp³-hybridized carbons (Fsp3) is 0.111. The van der Waals surface area contributed by atoms with Crippen molar-refractivity contribution in [2.45, 2.75) is 6.54 Å². The summed E-state index contributed by atoms with van der Waals surface area (Å²) < 4.78 is 2.94. The predicted molar refractivity (Wildman–Crippen MR) is 105 cm³/mol. The Morgan fingerprint density at radius 2 is 2.11 bits per heavy atom. The molecule has 28 heavy (non-hydrogen) atoms. The molecule has 0 spiro atoms. The second kappa shape index (κ2) is 6.82. The van der Waals surface area contributed by atoms with Crippen LogP contribution in [0, 0.1) is 0 Å². The van der Waals surface area contributed by atoms with E-state index in [0.29, 0.717) is 18.9 Å². The summed E-state index contributed by atoms with van der Waals surface area (Å²) in [6.45, 7) is 1.04. The Morgan fingerprint density at radius 1 is 1.14 bits per heavy atom. The number of hydrogen-bond acceptors (Lipinski definition) is 8. The highest BCUT2D eigenvalue weighted by molar-refractivity contribution is 7.16. The number of thiophene rings is 1. The normalized spacial score (nSPS) is 13.9. The predicted octanol–water partition coefficient (Wildman–Crippen LogP) is 1.79. The van der Waals surface area contributed by atoms with Gasteiger partial charge in [-0.1, -0.05) is 6.08 Å². The Balaban J connectivity index is 1.37. The van der Waals surface area contributed by atoms with Crippen LogP contribution in [0.15, 0.2) is 71.3 Å². The van der Waals surface area contributed by atoms with Gasteiger partial charge >= 0.3 is 0 Å². The summed E-state index contributed by atoms with van der Waals surface area (Å²) in [4.78, 5) is 27.8. The minimum atomic E-state index is -0.170. The molecule has 0 fully saturated rings. The largest absolute Gasteiger partial charge is 0.329 e. The number of anilines is 1. The van der Waals surface area contributed by atoms with Gasteiger partial charge in [0.15, 0.2) is 5.82 Å². The van der Waals surface area contributed by atoms with E-state index in [1.807, 2.05) is 23.7 Å². The lowest BCUT2D eigenvalue weighted by Gasteiger charge is -2.22. The second-order valence-corrected chi connectivity index (χ2v) is 7.01. The molecular weight excluding hydrogens is 376 g/mol. The summed E-state index contributed by atoms with van der Waals surface area (Å²) in [5.41, 5.74) is 0.827. The fourth-order valence-corrected chi connectivity index (χ4v) is 3.71. The molecule has 5 heterocycles. The molecule has 9 nitrogen and oxygen atoms in total. The van der Waals surface area contributed by atoms with Crippen molar-refractivity contribution in [1.82, 2.24) is 34.5 Å². The summed E-state index contributed by atoms with van der Waals surface area (Å²) in [5, 5.41) is 11.5. The van der Waals surface area contributed by atoms with Gasteiger partial charge in [-0.25, -0.2) is 24.3 Å². The van der Waals surface area contributed by atoms with Gasteiger partial charge in [-0.2, -0.15) is 5.10 Å². The first-order valence-corrected chi connectivity index (χ1v) is 9.41. The van der Waals surface area contributed by atoms with Crippen LogP contribution in [0.5, 0.6) is 0 Å².